The lowest BCUT2D eigenvalue weighted by atomic mass is 10.1. The maximum Gasteiger partial charge on any atom is 0.124 e. The smallest absolute Gasteiger partial charge is 0.124 e. The van der Waals surface area contributed by atoms with Crippen molar-refractivity contribution in [2.24, 2.45) is 11.7 Å². The number of rotatable bonds is 5. The zero-order chi connectivity index (χ0) is 12.1. The summed E-state index contributed by atoms with van der Waals surface area (Å²) in [6.45, 7) is 8.43. The van der Waals surface area contributed by atoms with Crippen LogP contribution < -0.4 is 10.6 Å². The summed E-state index contributed by atoms with van der Waals surface area (Å²) in [6.07, 6.45) is 1.72. The van der Waals surface area contributed by atoms with Crippen molar-refractivity contribution in [1.82, 2.24) is 4.98 Å². The van der Waals surface area contributed by atoms with Crippen molar-refractivity contribution >= 4 is 22.9 Å². The number of anilines is 1. The molecule has 2 N–H and O–H groups in total. The zero-order valence-electron chi connectivity index (χ0n) is 10.1. The standard InChI is InChI=1S/C12H19N3S/c1-4-15(8-9(2)3)10-6-5-7-14-11(10)12(13)16/h5-7,9H,4,8H2,1-3H3,(H2,13,16). The molecule has 3 nitrogen and oxygen atoms in total. The van der Waals surface area contributed by atoms with E-state index in [-0.39, 0.29) is 0 Å². The second-order valence-corrected chi connectivity index (χ2v) is 4.61. The quantitative estimate of drug-likeness (QED) is 0.797. The fourth-order valence-corrected chi connectivity index (χ4v) is 1.84. The van der Waals surface area contributed by atoms with E-state index in [0.717, 1.165) is 24.5 Å². The van der Waals surface area contributed by atoms with Gasteiger partial charge in [0.05, 0.1) is 5.69 Å². The molecule has 0 atom stereocenters. The molecule has 1 aromatic heterocycles. The van der Waals surface area contributed by atoms with E-state index in [9.17, 15) is 0 Å². The van der Waals surface area contributed by atoms with E-state index in [2.05, 4.69) is 30.7 Å². The second-order valence-electron chi connectivity index (χ2n) is 4.17. The minimum Gasteiger partial charge on any atom is -0.388 e. The topological polar surface area (TPSA) is 42.2 Å². The van der Waals surface area contributed by atoms with E-state index < -0.39 is 0 Å². The minimum absolute atomic E-state index is 0.359. The summed E-state index contributed by atoms with van der Waals surface area (Å²) < 4.78 is 0. The maximum atomic E-state index is 5.68. The normalized spacial score (nSPS) is 10.5. The van der Waals surface area contributed by atoms with Crippen LogP contribution in [0.25, 0.3) is 0 Å². The number of pyridine rings is 1. The van der Waals surface area contributed by atoms with E-state index >= 15 is 0 Å². The monoisotopic (exact) mass is 237 g/mol. The van der Waals surface area contributed by atoms with Gasteiger partial charge in [0.15, 0.2) is 0 Å². The van der Waals surface area contributed by atoms with E-state index in [0.29, 0.717) is 10.9 Å². The van der Waals surface area contributed by atoms with Gasteiger partial charge in [0.1, 0.15) is 10.7 Å². The molecule has 4 heteroatoms. The molecule has 0 unspecified atom stereocenters. The number of nitrogens with zero attached hydrogens (tertiary/aromatic N) is 2. The number of thiocarbonyl (C=S) groups is 1. The van der Waals surface area contributed by atoms with Crippen LogP contribution in [-0.2, 0) is 0 Å². The lowest BCUT2D eigenvalue weighted by Gasteiger charge is -2.26. The van der Waals surface area contributed by atoms with Crippen LogP contribution in [0.3, 0.4) is 0 Å². The summed E-state index contributed by atoms with van der Waals surface area (Å²) >= 11 is 5.02. The average molecular weight is 237 g/mol. The molecule has 0 fully saturated rings. The molecule has 0 amide bonds. The first kappa shape index (κ1) is 12.9. The highest BCUT2D eigenvalue weighted by atomic mass is 32.1. The number of aromatic nitrogens is 1. The van der Waals surface area contributed by atoms with E-state index in [1.54, 1.807) is 6.20 Å². The Hall–Kier alpha value is -1.16. The Bertz CT molecular complexity index is 363. The lowest BCUT2D eigenvalue weighted by Crippen LogP contribution is -2.30. The van der Waals surface area contributed by atoms with Crippen LogP contribution in [0, 0.1) is 5.92 Å². The van der Waals surface area contributed by atoms with Gasteiger partial charge in [0, 0.05) is 19.3 Å². The molecule has 1 aromatic rings. The third-order valence-electron chi connectivity index (χ3n) is 2.33. The van der Waals surface area contributed by atoms with Crippen molar-refractivity contribution in [2.45, 2.75) is 20.8 Å². The summed E-state index contributed by atoms with van der Waals surface area (Å²) in [4.78, 5) is 6.86. The third kappa shape index (κ3) is 3.17. The fraction of sp³-hybridized carbons (Fsp3) is 0.500. The largest absolute Gasteiger partial charge is 0.388 e. The van der Waals surface area contributed by atoms with Gasteiger partial charge in [-0.15, -0.1) is 0 Å². The van der Waals surface area contributed by atoms with Gasteiger partial charge >= 0.3 is 0 Å². The Morgan fingerprint density at radius 3 is 2.75 bits per heavy atom. The molecular weight excluding hydrogens is 218 g/mol. The third-order valence-corrected chi connectivity index (χ3v) is 2.52. The van der Waals surface area contributed by atoms with Gasteiger partial charge in [-0.3, -0.25) is 4.98 Å². The fourth-order valence-electron chi connectivity index (χ4n) is 1.68. The molecule has 88 valence electrons. The van der Waals surface area contributed by atoms with Crippen molar-refractivity contribution < 1.29 is 0 Å². The number of nitrogens with two attached hydrogens (primary N) is 1. The van der Waals surface area contributed by atoms with Crippen molar-refractivity contribution in [3.8, 4) is 0 Å². The highest BCUT2D eigenvalue weighted by molar-refractivity contribution is 7.80. The van der Waals surface area contributed by atoms with Crippen LogP contribution in [0.4, 0.5) is 5.69 Å². The van der Waals surface area contributed by atoms with Gasteiger partial charge in [0.2, 0.25) is 0 Å². The van der Waals surface area contributed by atoms with Crippen molar-refractivity contribution in [2.75, 3.05) is 18.0 Å². The van der Waals surface area contributed by atoms with E-state index in [1.165, 1.54) is 0 Å². The number of hydrogen-bond donors (Lipinski definition) is 1. The molecule has 16 heavy (non-hydrogen) atoms. The zero-order valence-corrected chi connectivity index (χ0v) is 10.9. The summed E-state index contributed by atoms with van der Waals surface area (Å²) in [7, 11) is 0. The number of hydrogen-bond acceptors (Lipinski definition) is 3. The molecule has 0 aliphatic rings. The first-order valence-corrected chi connectivity index (χ1v) is 5.96. The summed E-state index contributed by atoms with van der Waals surface area (Å²) in [5, 5.41) is 0. The Labute approximate surface area is 103 Å². The maximum absolute atomic E-state index is 5.68. The molecule has 0 aliphatic carbocycles. The van der Waals surface area contributed by atoms with E-state index in [1.807, 2.05) is 12.1 Å². The van der Waals surface area contributed by atoms with Gasteiger partial charge in [-0.1, -0.05) is 26.1 Å². The summed E-state index contributed by atoms with van der Waals surface area (Å²) in [5.74, 6) is 0.597. The minimum atomic E-state index is 0.359. The van der Waals surface area contributed by atoms with Crippen LogP contribution in [0.1, 0.15) is 26.5 Å². The van der Waals surface area contributed by atoms with Gasteiger partial charge in [-0.25, -0.2) is 0 Å². The molecular formula is C12H19N3S. The molecule has 1 heterocycles. The Morgan fingerprint density at radius 1 is 1.56 bits per heavy atom. The molecule has 0 spiro atoms. The van der Waals surface area contributed by atoms with Crippen molar-refractivity contribution in [3.05, 3.63) is 24.0 Å². The molecule has 0 aromatic carbocycles. The molecule has 0 aliphatic heterocycles. The lowest BCUT2D eigenvalue weighted by molar-refractivity contribution is 0.618. The Kier molecular flexibility index (Phi) is 4.68. The van der Waals surface area contributed by atoms with Crippen LogP contribution in [0.5, 0.6) is 0 Å². The highest BCUT2D eigenvalue weighted by Crippen LogP contribution is 2.19. The highest BCUT2D eigenvalue weighted by Gasteiger charge is 2.13. The molecule has 0 saturated carbocycles. The first-order chi connectivity index (χ1) is 7.56. The molecule has 1 rings (SSSR count). The van der Waals surface area contributed by atoms with Gasteiger partial charge < -0.3 is 10.6 Å². The van der Waals surface area contributed by atoms with Crippen LogP contribution >= 0.6 is 12.2 Å². The van der Waals surface area contributed by atoms with Crippen LogP contribution in [0.15, 0.2) is 18.3 Å². The first-order valence-electron chi connectivity index (χ1n) is 5.56. The summed E-state index contributed by atoms with van der Waals surface area (Å²) in [5.41, 5.74) is 7.44. The molecule has 0 saturated heterocycles. The second kappa shape index (κ2) is 5.80. The average Bonchev–Trinajstić information content (AvgIpc) is 2.25. The van der Waals surface area contributed by atoms with E-state index in [4.69, 9.17) is 18.0 Å². The predicted molar refractivity (Wildman–Crippen MR) is 72.8 cm³/mol. The van der Waals surface area contributed by atoms with Gasteiger partial charge in [-0.05, 0) is 25.0 Å². The SMILES string of the molecule is CCN(CC(C)C)c1cccnc1C(N)=S. The Balaban J connectivity index is 3.04. The van der Waals surface area contributed by atoms with Crippen LogP contribution in [0.2, 0.25) is 0 Å². The molecule has 0 bridgehead atoms. The van der Waals surface area contributed by atoms with Crippen molar-refractivity contribution in [1.29, 1.82) is 0 Å². The van der Waals surface area contributed by atoms with Gasteiger partial charge in [-0.2, -0.15) is 0 Å². The molecule has 0 radical (unpaired) electrons. The summed E-state index contributed by atoms with van der Waals surface area (Å²) in [6, 6.07) is 3.94. The predicted octanol–water partition coefficient (Wildman–Crippen LogP) is 2.20. The Morgan fingerprint density at radius 2 is 2.25 bits per heavy atom. The van der Waals surface area contributed by atoms with Crippen molar-refractivity contribution in [3.63, 3.8) is 0 Å². The van der Waals surface area contributed by atoms with Gasteiger partial charge in [0.25, 0.3) is 0 Å². The van der Waals surface area contributed by atoms with Crippen LogP contribution in [-0.4, -0.2) is 23.1 Å².